The van der Waals surface area contributed by atoms with Crippen LogP contribution in [0.25, 0.3) is 0 Å². The van der Waals surface area contributed by atoms with Gasteiger partial charge in [-0.3, -0.25) is 4.68 Å². The zero-order valence-electron chi connectivity index (χ0n) is 12.2. The van der Waals surface area contributed by atoms with E-state index in [1.807, 2.05) is 16.9 Å². The van der Waals surface area contributed by atoms with Gasteiger partial charge < -0.3 is 15.2 Å². The summed E-state index contributed by atoms with van der Waals surface area (Å²) in [5.74, 6) is 0.663. The highest BCUT2D eigenvalue weighted by molar-refractivity contribution is 5.41. The molecule has 0 aliphatic rings. The maximum atomic E-state index is 9.72. The largest absolute Gasteiger partial charge is 0.504 e. The van der Waals surface area contributed by atoms with Crippen LogP contribution in [-0.4, -0.2) is 22.0 Å². The standard InChI is InChI=1S/C15H21N3O2/c1-4-18-11(2)13(10-17-18)9-16-8-12-5-6-15(20-3)14(19)7-12/h5-7,10,16,19H,4,8-9H2,1-3H3. The monoisotopic (exact) mass is 275 g/mol. The topological polar surface area (TPSA) is 59.3 Å². The molecule has 20 heavy (non-hydrogen) atoms. The van der Waals surface area contributed by atoms with Crippen molar-refractivity contribution in [1.82, 2.24) is 15.1 Å². The van der Waals surface area contributed by atoms with Crippen molar-refractivity contribution in [3.8, 4) is 11.5 Å². The number of rotatable bonds is 6. The van der Waals surface area contributed by atoms with Crippen LogP contribution in [0.4, 0.5) is 0 Å². The van der Waals surface area contributed by atoms with Crippen LogP contribution in [-0.2, 0) is 19.6 Å². The SMILES string of the molecule is CCn1ncc(CNCc2ccc(OC)c(O)c2)c1C. The number of aromatic hydroxyl groups is 1. The first-order valence-electron chi connectivity index (χ1n) is 6.73. The highest BCUT2D eigenvalue weighted by Gasteiger charge is 2.05. The predicted octanol–water partition coefficient (Wildman–Crippen LogP) is 2.22. The molecule has 0 aliphatic carbocycles. The highest BCUT2D eigenvalue weighted by atomic mass is 16.5. The Morgan fingerprint density at radius 2 is 2.15 bits per heavy atom. The van der Waals surface area contributed by atoms with E-state index in [9.17, 15) is 5.11 Å². The van der Waals surface area contributed by atoms with Crippen molar-refractivity contribution in [1.29, 1.82) is 0 Å². The van der Waals surface area contributed by atoms with Crippen molar-refractivity contribution < 1.29 is 9.84 Å². The van der Waals surface area contributed by atoms with E-state index in [4.69, 9.17) is 4.74 Å². The minimum Gasteiger partial charge on any atom is -0.504 e. The van der Waals surface area contributed by atoms with Gasteiger partial charge in [-0.2, -0.15) is 5.10 Å². The molecule has 0 unspecified atom stereocenters. The fraction of sp³-hybridized carbons (Fsp3) is 0.400. The van der Waals surface area contributed by atoms with Crippen molar-refractivity contribution in [2.24, 2.45) is 0 Å². The molecule has 2 N–H and O–H groups in total. The van der Waals surface area contributed by atoms with E-state index >= 15 is 0 Å². The number of ether oxygens (including phenoxy) is 1. The smallest absolute Gasteiger partial charge is 0.160 e. The van der Waals surface area contributed by atoms with E-state index in [2.05, 4.69) is 24.3 Å². The molecular weight excluding hydrogens is 254 g/mol. The highest BCUT2D eigenvalue weighted by Crippen LogP contribution is 2.26. The van der Waals surface area contributed by atoms with E-state index in [0.717, 1.165) is 18.7 Å². The second-order valence-corrected chi connectivity index (χ2v) is 4.68. The molecule has 0 bridgehead atoms. The van der Waals surface area contributed by atoms with E-state index < -0.39 is 0 Å². The summed E-state index contributed by atoms with van der Waals surface area (Å²) in [7, 11) is 1.54. The van der Waals surface area contributed by atoms with Gasteiger partial charge in [0, 0.05) is 30.9 Å². The third-order valence-corrected chi connectivity index (χ3v) is 3.39. The third-order valence-electron chi connectivity index (χ3n) is 3.39. The summed E-state index contributed by atoms with van der Waals surface area (Å²) in [5, 5.41) is 17.4. The van der Waals surface area contributed by atoms with Crippen molar-refractivity contribution in [3.63, 3.8) is 0 Å². The Balaban J connectivity index is 1.92. The fourth-order valence-corrected chi connectivity index (χ4v) is 2.16. The summed E-state index contributed by atoms with van der Waals surface area (Å²) in [6, 6.07) is 5.43. The van der Waals surface area contributed by atoms with Crippen molar-refractivity contribution in [3.05, 3.63) is 41.2 Å². The Labute approximate surface area is 119 Å². The van der Waals surface area contributed by atoms with Crippen LogP contribution in [0.2, 0.25) is 0 Å². The van der Waals surface area contributed by atoms with Gasteiger partial charge in [0.15, 0.2) is 11.5 Å². The lowest BCUT2D eigenvalue weighted by Gasteiger charge is -2.08. The third kappa shape index (κ3) is 3.11. The molecule has 1 aromatic heterocycles. The molecule has 108 valence electrons. The summed E-state index contributed by atoms with van der Waals surface area (Å²) in [4.78, 5) is 0. The van der Waals surface area contributed by atoms with Gasteiger partial charge in [-0.1, -0.05) is 6.07 Å². The molecule has 0 atom stereocenters. The van der Waals surface area contributed by atoms with Gasteiger partial charge in [-0.25, -0.2) is 0 Å². The van der Waals surface area contributed by atoms with Crippen molar-refractivity contribution in [2.75, 3.05) is 7.11 Å². The number of benzene rings is 1. The Kier molecular flexibility index (Phi) is 4.63. The molecular formula is C15H21N3O2. The molecule has 1 aromatic carbocycles. The number of nitrogens with zero attached hydrogens (tertiary/aromatic N) is 2. The lowest BCUT2D eigenvalue weighted by Crippen LogP contribution is -2.13. The minimum absolute atomic E-state index is 0.168. The number of phenols is 1. The summed E-state index contributed by atoms with van der Waals surface area (Å²) in [5.41, 5.74) is 3.41. The zero-order valence-corrected chi connectivity index (χ0v) is 12.2. The molecule has 0 spiro atoms. The summed E-state index contributed by atoms with van der Waals surface area (Å²) in [6.45, 7) is 6.50. The van der Waals surface area contributed by atoms with Crippen LogP contribution in [0.3, 0.4) is 0 Å². The van der Waals surface area contributed by atoms with E-state index in [-0.39, 0.29) is 5.75 Å². The maximum Gasteiger partial charge on any atom is 0.160 e. The van der Waals surface area contributed by atoms with Gasteiger partial charge in [-0.15, -0.1) is 0 Å². The second-order valence-electron chi connectivity index (χ2n) is 4.68. The van der Waals surface area contributed by atoms with Crippen LogP contribution in [0.1, 0.15) is 23.7 Å². The normalized spacial score (nSPS) is 10.8. The molecule has 5 heteroatoms. The van der Waals surface area contributed by atoms with Gasteiger partial charge >= 0.3 is 0 Å². The summed E-state index contributed by atoms with van der Waals surface area (Å²) in [6.07, 6.45) is 1.90. The first-order chi connectivity index (χ1) is 9.65. The number of phenolic OH excluding ortho intramolecular Hbond substituents is 1. The molecule has 0 aliphatic heterocycles. The number of methoxy groups -OCH3 is 1. The quantitative estimate of drug-likeness (QED) is 0.848. The number of hydrogen-bond donors (Lipinski definition) is 2. The average Bonchev–Trinajstić information content (AvgIpc) is 2.80. The van der Waals surface area contributed by atoms with Crippen molar-refractivity contribution in [2.45, 2.75) is 33.5 Å². The maximum absolute atomic E-state index is 9.72. The molecule has 0 amide bonds. The first-order valence-corrected chi connectivity index (χ1v) is 6.73. The lowest BCUT2D eigenvalue weighted by atomic mass is 10.2. The molecule has 0 saturated carbocycles. The fourth-order valence-electron chi connectivity index (χ4n) is 2.16. The number of hydrogen-bond acceptors (Lipinski definition) is 4. The van der Waals surface area contributed by atoms with E-state index in [0.29, 0.717) is 12.3 Å². The van der Waals surface area contributed by atoms with Gasteiger partial charge in [0.1, 0.15) is 0 Å². The molecule has 0 fully saturated rings. The average molecular weight is 275 g/mol. The number of aromatic nitrogens is 2. The Hall–Kier alpha value is -2.01. The Morgan fingerprint density at radius 1 is 1.35 bits per heavy atom. The molecule has 0 saturated heterocycles. The van der Waals surface area contributed by atoms with Gasteiger partial charge in [-0.05, 0) is 31.5 Å². The summed E-state index contributed by atoms with van der Waals surface area (Å²) < 4.78 is 7.01. The lowest BCUT2D eigenvalue weighted by molar-refractivity contribution is 0.373. The van der Waals surface area contributed by atoms with E-state index in [1.165, 1.54) is 11.3 Å². The van der Waals surface area contributed by atoms with Gasteiger partial charge in [0.25, 0.3) is 0 Å². The zero-order chi connectivity index (χ0) is 14.5. The second kappa shape index (κ2) is 6.43. The molecule has 2 rings (SSSR count). The summed E-state index contributed by atoms with van der Waals surface area (Å²) >= 11 is 0. The molecule has 2 aromatic rings. The number of nitrogens with one attached hydrogen (secondary N) is 1. The first kappa shape index (κ1) is 14.4. The minimum atomic E-state index is 0.168. The van der Waals surface area contributed by atoms with Crippen LogP contribution < -0.4 is 10.1 Å². The van der Waals surface area contributed by atoms with Crippen LogP contribution in [0.15, 0.2) is 24.4 Å². The van der Waals surface area contributed by atoms with Crippen LogP contribution in [0, 0.1) is 6.92 Å². The van der Waals surface area contributed by atoms with Gasteiger partial charge in [0.05, 0.1) is 13.3 Å². The predicted molar refractivity (Wildman–Crippen MR) is 77.8 cm³/mol. The van der Waals surface area contributed by atoms with E-state index in [1.54, 1.807) is 19.2 Å². The molecule has 0 radical (unpaired) electrons. The van der Waals surface area contributed by atoms with Gasteiger partial charge in [0.2, 0.25) is 0 Å². The van der Waals surface area contributed by atoms with Crippen LogP contribution in [0.5, 0.6) is 11.5 Å². The van der Waals surface area contributed by atoms with Crippen molar-refractivity contribution >= 4 is 0 Å². The Morgan fingerprint density at radius 3 is 2.75 bits per heavy atom. The van der Waals surface area contributed by atoms with Crippen LogP contribution >= 0.6 is 0 Å². The molecule has 1 heterocycles. The Bertz CT molecular complexity index is 578. The number of aryl methyl sites for hydroxylation is 1. The molecule has 5 nitrogen and oxygen atoms in total.